The number of anilines is 5. The van der Waals surface area contributed by atoms with E-state index in [2.05, 4.69) is 25.5 Å². The van der Waals surface area contributed by atoms with E-state index in [0.29, 0.717) is 38.9 Å². The highest BCUT2D eigenvalue weighted by Crippen LogP contribution is 2.26. The molecule has 0 aliphatic carbocycles. The Kier molecular flexibility index (Phi) is 11.0. The number of aromatic nitrogens is 2. The lowest BCUT2D eigenvalue weighted by Crippen LogP contribution is -2.43. The van der Waals surface area contributed by atoms with Crippen molar-refractivity contribution in [2.45, 2.75) is 0 Å². The molecule has 3 heterocycles. The highest BCUT2D eigenvalue weighted by Gasteiger charge is 2.16. The van der Waals surface area contributed by atoms with Crippen LogP contribution in [0, 0.1) is 0 Å². The lowest BCUT2D eigenvalue weighted by atomic mass is 10.1. The number of fused-ring (bicyclic) bond motifs is 2. The van der Waals surface area contributed by atoms with Gasteiger partial charge in [-0.2, -0.15) is 0 Å². The van der Waals surface area contributed by atoms with E-state index < -0.39 is 17.4 Å². The number of nitrogens with one attached hydrogen (secondary N) is 4. The van der Waals surface area contributed by atoms with Crippen molar-refractivity contribution in [2.24, 2.45) is 0 Å². The number of carboxylic acid groups (broad SMARTS) is 2. The van der Waals surface area contributed by atoms with Crippen LogP contribution in [0.15, 0.2) is 76.3 Å². The lowest BCUT2D eigenvalue weighted by molar-refractivity contribution is 0.0680. The van der Waals surface area contributed by atoms with Crippen molar-refractivity contribution < 1.29 is 19.8 Å². The first kappa shape index (κ1) is 34.3. The predicted octanol–water partition coefficient (Wildman–Crippen LogP) is 3.61. The fourth-order valence-corrected chi connectivity index (χ4v) is 4.84. The molecule has 1 saturated heterocycles. The van der Waals surface area contributed by atoms with Crippen LogP contribution in [0.5, 0.6) is 0 Å². The molecule has 45 heavy (non-hydrogen) atoms. The van der Waals surface area contributed by atoms with Crippen LogP contribution in [0.25, 0.3) is 21.8 Å². The van der Waals surface area contributed by atoms with Gasteiger partial charge in [0, 0.05) is 66.1 Å². The zero-order valence-corrected chi connectivity index (χ0v) is 25.3. The van der Waals surface area contributed by atoms with Crippen LogP contribution in [0.1, 0.15) is 21.0 Å². The largest absolute Gasteiger partial charge is 0.477 e. The monoisotopic (exact) mass is 655 g/mol. The molecule has 236 valence electrons. The standard InChI is InChI=1S/C16H13N3O3.C14H16N4O3.2ClH/c17-12-7-10(18-9-4-2-1-3-5-9)6-11-14(20)8-13(16(21)22)19-15(11)12;15-10-6-8(18-3-1-16-2-4-18)5-9-12(19)7-11(14(20)21)17-13(9)10;;/h1-8,18H,17H2,(H,19,20)(H,21,22);5-7,16H,1-4,15H2,(H,17,19)(H,20,21);2*1H. The minimum Gasteiger partial charge on any atom is -0.477 e. The summed E-state index contributed by atoms with van der Waals surface area (Å²) in [5.41, 5.74) is 14.6. The number of para-hydroxylation sites is 1. The zero-order chi connectivity index (χ0) is 30.7. The molecule has 0 saturated carbocycles. The second kappa shape index (κ2) is 14.5. The fourth-order valence-electron chi connectivity index (χ4n) is 4.84. The summed E-state index contributed by atoms with van der Waals surface area (Å²) in [6.07, 6.45) is 0. The van der Waals surface area contributed by atoms with E-state index in [1.54, 1.807) is 24.3 Å². The number of benzene rings is 3. The number of halogens is 2. The average Bonchev–Trinajstić information content (AvgIpc) is 2.99. The molecule has 0 amide bonds. The topological polar surface area (TPSA) is 220 Å². The molecule has 2 aromatic heterocycles. The minimum absolute atomic E-state index is 0. The van der Waals surface area contributed by atoms with E-state index in [9.17, 15) is 19.2 Å². The zero-order valence-electron chi connectivity index (χ0n) is 23.6. The molecule has 10 N–H and O–H groups in total. The van der Waals surface area contributed by atoms with Crippen molar-refractivity contribution in [1.29, 1.82) is 0 Å². The van der Waals surface area contributed by atoms with Crippen molar-refractivity contribution in [3.8, 4) is 0 Å². The molecule has 0 radical (unpaired) electrons. The summed E-state index contributed by atoms with van der Waals surface area (Å²) in [5.74, 6) is -2.38. The second-order valence-electron chi connectivity index (χ2n) is 9.88. The van der Waals surface area contributed by atoms with E-state index >= 15 is 0 Å². The molecule has 1 fully saturated rings. The van der Waals surface area contributed by atoms with Crippen molar-refractivity contribution >= 4 is 87.0 Å². The molecule has 1 aliphatic heterocycles. The number of aromatic carboxylic acids is 2. The minimum atomic E-state index is -1.20. The summed E-state index contributed by atoms with van der Waals surface area (Å²) < 4.78 is 0. The molecule has 6 rings (SSSR count). The van der Waals surface area contributed by atoms with Crippen LogP contribution >= 0.6 is 24.8 Å². The van der Waals surface area contributed by atoms with Crippen LogP contribution in [0.3, 0.4) is 0 Å². The van der Waals surface area contributed by atoms with E-state index in [1.165, 1.54) is 0 Å². The molecule has 0 unspecified atom stereocenters. The van der Waals surface area contributed by atoms with Gasteiger partial charge in [0.15, 0.2) is 10.9 Å². The van der Waals surface area contributed by atoms with Crippen molar-refractivity contribution in [1.82, 2.24) is 15.3 Å². The van der Waals surface area contributed by atoms with Gasteiger partial charge in [-0.05, 0) is 36.4 Å². The molecule has 1 aliphatic rings. The summed E-state index contributed by atoms with van der Waals surface area (Å²) in [6, 6.07) is 18.4. The Morgan fingerprint density at radius 3 is 1.76 bits per heavy atom. The Morgan fingerprint density at radius 1 is 0.711 bits per heavy atom. The number of pyridine rings is 2. The number of rotatable bonds is 5. The van der Waals surface area contributed by atoms with E-state index in [1.807, 2.05) is 30.3 Å². The quantitative estimate of drug-likeness (QED) is 0.128. The number of piperazine rings is 1. The number of H-pyrrole nitrogens is 2. The van der Waals surface area contributed by atoms with E-state index in [4.69, 9.17) is 21.7 Å². The molecular weight excluding hydrogens is 625 g/mol. The van der Waals surface area contributed by atoms with Gasteiger partial charge in [0.05, 0.1) is 22.4 Å². The summed E-state index contributed by atoms with van der Waals surface area (Å²) in [7, 11) is 0. The number of hydrogen-bond acceptors (Lipinski definition) is 9. The van der Waals surface area contributed by atoms with Gasteiger partial charge in [0.1, 0.15) is 11.4 Å². The molecule has 3 aromatic carbocycles. The van der Waals surface area contributed by atoms with Crippen molar-refractivity contribution in [3.05, 3.63) is 98.6 Å². The molecule has 0 spiro atoms. The smallest absolute Gasteiger partial charge is 0.352 e. The molecule has 15 heteroatoms. The molecular formula is C30H31Cl2N7O6. The van der Waals surface area contributed by atoms with Gasteiger partial charge in [-0.25, -0.2) is 9.59 Å². The number of hydrogen-bond donors (Lipinski definition) is 8. The van der Waals surface area contributed by atoms with E-state index in [0.717, 1.165) is 49.7 Å². The third-order valence-electron chi connectivity index (χ3n) is 6.93. The normalized spacial score (nSPS) is 12.3. The van der Waals surface area contributed by atoms with Crippen LogP contribution in [0.4, 0.5) is 28.4 Å². The van der Waals surface area contributed by atoms with Crippen LogP contribution in [0.2, 0.25) is 0 Å². The number of carbonyl (C=O) groups is 2. The van der Waals surface area contributed by atoms with Crippen LogP contribution in [-0.4, -0.2) is 58.3 Å². The van der Waals surface area contributed by atoms with Gasteiger partial charge in [-0.1, -0.05) is 18.2 Å². The van der Waals surface area contributed by atoms with Gasteiger partial charge in [0.2, 0.25) is 0 Å². The third kappa shape index (κ3) is 7.65. The summed E-state index contributed by atoms with van der Waals surface area (Å²) >= 11 is 0. The summed E-state index contributed by atoms with van der Waals surface area (Å²) in [6.45, 7) is 3.45. The molecule has 0 atom stereocenters. The van der Waals surface area contributed by atoms with Gasteiger partial charge in [-0.3, -0.25) is 9.59 Å². The molecule has 5 aromatic rings. The average molecular weight is 657 g/mol. The number of aromatic amines is 2. The lowest BCUT2D eigenvalue weighted by Gasteiger charge is -2.29. The summed E-state index contributed by atoms with van der Waals surface area (Å²) in [4.78, 5) is 53.7. The maximum atomic E-state index is 12.1. The number of nitrogens with two attached hydrogens (primary N) is 2. The van der Waals surface area contributed by atoms with Gasteiger partial charge < -0.3 is 47.2 Å². The van der Waals surface area contributed by atoms with Gasteiger partial charge in [0.25, 0.3) is 0 Å². The molecule has 13 nitrogen and oxygen atoms in total. The Hall–Kier alpha value is -5.24. The predicted molar refractivity (Wildman–Crippen MR) is 181 cm³/mol. The van der Waals surface area contributed by atoms with Crippen LogP contribution < -0.4 is 37.9 Å². The van der Waals surface area contributed by atoms with Gasteiger partial charge in [-0.15, -0.1) is 24.8 Å². The Labute approximate surface area is 268 Å². The number of nitrogens with zero attached hydrogens (tertiary/aromatic N) is 1. The maximum Gasteiger partial charge on any atom is 0.352 e. The Morgan fingerprint density at radius 2 is 1.22 bits per heavy atom. The highest BCUT2D eigenvalue weighted by molar-refractivity contribution is 5.97. The second-order valence-corrected chi connectivity index (χ2v) is 9.88. The first-order valence-corrected chi connectivity index (χ1v) is 13.3. The Balaban J connectivity index is 0.000000235. The number of nitrogen functional groups attached to an aromatic ring is 2. The first-order chi connectivity index (χ1) is 20.6. The van der Waals surface area contributed by atoms with Crippen molar-refractivity contribution in [3.63, 3.8) is 0 Å². The first-order valence-electron chi connectivity index (χ1n) is 13.3. The maximum absolute atomic E-state index is 12.1. The Bertz CT molecular complexity index is 1980. The SMILES string of the molecule is Cl.Cl.Nc1cc(N2CCNCC2)cc2c(=O)cc(C(=O)O)[nH]c12.Nc1cc(Nc2ccccc2)cc2c(=O)cc(C(=O)O)[nH]c12. The fraction of sp³-hybridized carbons (Fsp3) is 0.133. The van der Waals surface area contributed by atoms with Crippen LogP contribution in [-0.2, 0) is 0 Å². The van der Waals surface area contributed by atoms with E-state index in [-0.39, 0.29) is 41.6 Å². The van der Waals surface area contributed by atoms with Gasteiger partial charge >= 0.3 is 11.9 Å². The van der Waals surface area contributed by atoms with Crippen molar-refractivity contribution in [2.75, 3.05) is 47.9 Å². The highest BCUT2D eigenvalue weighted by atomic mass is 35.5. The summed E-state index contributed by atoms with van der Waals surface area (Å²) in [5, 5.41) is 25.1. The number of carboxylic acids is 2. The molecule has 0 bridgehead atoms. The third-order valence-corrected chi connectivity index (χ3v) is 6.93.